The van der Waals surface area contributed by atoms with E-state index in [0.29, 0.717) is 35.6 Å². The van der Waals surface area contributed by atoms with Crippen LogP contribution in [0.5, 0.6) is 11.5 Å². The molecule has 94 valence electrons. The predicted molar refractivity (Wildman–Crippen MR) is 67.2 cm³/mol. The van der Waals surface area contributed by atoms with Crippen molar-refractivity contribution in [1.82, 2.24) is 4.98 Å². The quantitative estimate of drug-likeness (QED) is 0.840. The van der Waals surface area contributed by atoms with Gasteiger partial charge in [-0.3, -0.25) is 0 Å². The molecule has 1 aliphatic rings. The first-order valence-electron chi connectivity index (χ1n) is 5.51. The number of nitrogen functional groups attached to an aromatic ring is 1. The summed E-state index contributed by atoms with van der Waals surface area (Å²) in [6.45, 7) is 2.98. The van der Waals surface area contributed by atoms with Crippen molar-refractivity contribution >= 4 is 17.4 Å². The van der Waals surface area contributed by atoms with Gasteiger partial charge in [0.15, 0.2) is 11.5 Å². The zero-order chi connectivity index (χ0) is 12.5. The van der Waals surface area contributed by atoms with Crippen molar-refractivity contribution in [2.45, 2.75) is 17.0 Å². The fraction of sp³-hybridized carbons (Fsp3) is 0.250. The molecule has 2 aromatic rings. The van der Waals surface area contributed by atoms with Gasteiger partial charge < -0.3 is 19.6 Å². The van der Waals surface area contributed by atoms with Crippen molar-refractivity contribution in [2.24, 2.45) is 0 Å². The van der Waals surface area contributed by atoms with E-state index in [1.54, 1.807) is 12.3 Å². The molecule has 0 saturated carbocycles. The second kappa shape index (κ2) is 4.45. The lowest BCUT2D eigenvalue weighted by atomic mass is 10.2. The molecule has 2 N–H and O–H groups in total. The fourth-order valence-corrected chi connectivity index (χ4v) is 2.46. The Morgan fingerprint density at radius 1 is 1.22 bits per heavy atom. The van der Waals surface area contributed by atoms with E-state index in [9.17, 15) is 0 Å². The Morgan fingerprint density at radius 2 is 1.94 bits per heavy atom. The van der Waals surface area contributed by atoms with Crippen LogP contribution in [0.4, 0.5) is 5.69 Å². The SMILES string of the molecule is Cc1coc(Sc2cc3c(cc2N)OCCO3)n1. The number of benzene rings is 1. The van der Waals surface area contributed by atoms with Gasteiger partial charge in [0.1, 0.15) is 19.5 Å². The molecule has 1 aromatic carbocycles. The standard InChI is InChI=1S/C12H12N2O3S/c1-7-6-17-12(14-7)18-11-5-10-9(4-8(11)13)15-2-3-16-10/h4-6H,2-3,13H2,1H3. The highest BCUT2D eigenvalue weighted by Crippen LogP contribution is 2.40. The van der Waals surface area contributed by atoms with E-state index < -0.39 is 0 Å². The molecule has 0 fully saturated rings. The fourth-order valence-electron chi connectivity index (χ4n) is 1.65. The van der Waals surface area contributed by atoms with E-state index in [0.717, 1.165) is 10.6 Å². The number of aryl methyl sites for hydroxylation is 1. The van der Waals surface area contributed by atoms with E-state index in [1.807, 2.05) is 13.0 Å². The summed E-state index contributed by atoms with van der Waals surface area (Å²) in [5.41, 5.74) is 7.44. The molecule has 6 heteroatoms. The van der Waals surface area contributed by atoms with Crippen LogP contribution < -0.4 is 15.2 Å². The minimum atomic E-state index is 0.553. The van der Waals surface area contributed by atoms with Crippen molar-refractivity contribution in [3.05, 3.63) is 24.1 Å². The summed E-state index contributed by atoms with van der Waals surface area (Å²) >= 11 is 1.37. The lowest BCUT2D eigenvalue weighted by molar-refractivity contribution is 0.171. The summed E-state index contributed by atoms with van der Waals surface area (Å²) in [6.07, 6.45) is 1.61. The molecule has 1 aliphatic heterocycles. The number of anilines is 1. The average Bonchev–Trinajstić information content (AvgIpc) is 2.76. The van der Waals surface area contributed by atoms with Crippen LogP contribution in [0.1, 0.15) is 5.69 Å². The van der Waals surface area contributed by atoms with Gasteiger partial charge in [-0.25, -0.2) is 4.98 Å². The van der Waals surface area contributed by atoms with Gasteiger partial charge in [0.2, 0.25) is 0 Å². The van der Waals surface area contributed by atoms with E-state index in [1.165, 1.54) is 11.8 Å². The molecule has 0 saturated heterocycles. The van der Waals surface area contributed by atoms with Crippen molar-refractivity contribution in [3.63, 3.8) is 0 Å². The van der Waals surface area contributed by atoms with Gasteiger partial charge in [0.05, 0.1) is 5.69 Å². The Bertz CT molecular complexity index is 583. The minimum absolute atomic E-state index is 0.553. The van der Waals surface area contributed by atoms with Crippen LogP contribution in [0.3, 0.4) is 0 Å². The molecule has 2 heterocycles. The molecular formula is C12H12N2O3S. The van der Waals surface area contributed by atoms with E-state index >= 15 is 0 Å². The molecule has 0 radical (unpaired) electrons. The van der Waals surface area contributed by atoms with Gasteiger partial charge in [0, 0.05) is 22.7 Å². The smallest absolute Gasteiger partial charge is 0.260 e. The zero-order valence-corrected chi connectivity index (χ0v) is 10.6. The molecule has 1 aromatic heterocycles. The first-order chi connectivity index (χ1) is 8.72. The maximum Gasteiger partial charge on any atom is 0.260 e. The van der Waals surface area contributed by atoms with Gasteiger partial charge in [0.25, 0.3) is 5.22 Å². The van der Waals surface area contributed by atoms with Gasteiger partial charge >= 0.3 is 0 Å². The molecule has 0 amide bonds. The monoisotopic (exact) mass is 264 g/mol. The minimum Gasteiger partial charge on any atom is -0.486 e. The molecule has 18 heavy (non-hydrogen) atoms. The van der Waals surface area contributed by atoms with Crippen LogP contribution in [0, 0.1) is 6.92 Å². The molecule has 0 bridgehead atoms. The number of hydrogen-bond donors (Lipinski definition) is 1. The van der Waals surface area contributed by atoms with Gasteiger partial charge in [-0.1, -0.05) is 0 Å². The lowest BCUT2D eigenvalue weighted by Gasteiger charge is -2.19. The third kappa shape index (κ3) is 2.11. The maximum absolute atomic E-state index is 5.97. The second-order valence-electron chi connectivity index (χ2n) is 3.89. The normalized spacial score (nSPS) is 13.6. The molecule has 0 atom stereocenters. The zero-order valence-electron chi connectivity index (χ0n) is 9.80. The molecule has 0 unspecified atom stereocenters. The average molecular weight is 264 g/mol. The van der Waals surface area contributed by atoms with Crippen molar-refractivity contribution in [3.8, 4) is 11.5 Å². The number of hydrogen-bond acceptors (Lipinski definition) is 6. The predicted octanol–water partition coefficient (Wildman–Crippen LogP) is 2.49. The van der Waals surface area contributed by atoms with Crippen molar-refractivity contribution in [2.75, 3.05) is 18.9 Å². The van der Waals surface area contributed by atoms with Crippen LogP contribution in [0.15, 0.2) is 32.9 Å². The van der Waals surface area contributed by atoms with Gasteiger partial charge in [-0.05, 0) is 18.7 Å². The highest BCUT2D eigenvalue weighted by atomic mass is 32.2. The number of ether oxygens (including phenoxy) is 2. The maximum atomic E-state index is 5.97. The number of fused-ring (bicyclic) bond motifs is 1. The third-order valence-corrected chi connectivity index (χ3v) is 3.41. The highest BCUT2D eigenvalue weighted by Gasteiger charge is 2.16. The highest BCUT2D eigenvalue weighted by molar-refractivity contribution is 7.99. The van der Waals surface area contributed by atoms with Gasteiger partial charge in [-0.2, -0.15) is 0 Å². The summed E-state index contributed by atoms with van der Waals surface area (Å²) < 4.78 is 16.3. The molecule has 0 spiro atoms. The Hall–Kier alpha value is -1.82. The van der Waals surface area contributed by atoms with Crippen LogP contribution in [0.2, 0.25) is 0 Å². The number of nitrogens with two attached hydrogens (primary N) is 1. The topological polar surface area (TPSA) is 70.5 Å². The number of rotatable bonds is 2. The van der Waals surface area contributed by atoms with Crippen molar-refractivity contribution < 1.29 is 13.9 Å². The number of aromatic nitrogens is 1. The van der Waals surface area contributed by atoms with E-state index in [4.69, 9.17) is 19.6 Å². The van der Waals surface area contributed by atoms with E-state index in [-0.39, 0.29) is 0 Å². The molecule has 0 aliphatic carbocycles. The largest absolute Gasteiger partial charge is 0.486 e. The van der Waals surface area contributed by atoms with Crippen LogP contribution in [-0.2, 0) is 0 Å². The van der Waals surface area contributed by atoms with Crippen LogP contribution in [0.25, 0.3) is 0 Å². The Labute approximate surface area is 108 Å². The summed E-state index contributed by atoms with van der Waals surface area (Å²) in [4.78, 5) is 5.08. The Morgan fingerprint density at radius 3 is 2.61 bits per heavy atom. The summed E-state index contributed by atoms with van der Waals surface area (Å²) in [6, 6.07) is 3.63. The number of nitrogens with zero attached hydrogens (tertiary/aromatic N) is 1. The number of oxazole rings is 1. The summed E-state index contributed by atoms with van der Waals surface area (Å²) in [7, 11) is 0. The summed E-state index contributed by atoms with van der Waals surface area (Å²) in [5.74, 6) is 1.40. The first-order valence-corrected chi connectivity index (χ1v) is 6.33. The lowest BCUT2D eigenvalue weighted by Crippen LogP contribution is -2.15. The third-order valence-electron chi connectivity index (χ3n) is 2.47. The Kier molecular flexibility index (Phi) is 2.79. The van der Waals surface area contributed by atoms with Gasteiger partial charge in [-0.15, -0.1) is 0 Å². The molecular weight excluding hydrogens is 252 g/mol. The molecule has 3 rings (SSSR count). The van der Waals surface area contributed by atoms with Crippen LogP contribution >= 0.6 is 11.8 Å². The van der Waals surface area contributed by atoms with Crippen LogP contribution in [-0.4, -0.2) is 18.2 Å². The first kappa shape index (κ1) is 11.3. The molecule has 5 nitrogen and oxygen atoms in total. The summed E-state index contributed by atoms with van der Waals surface area (Å²) in [5, 5.41) is 0.566. The van der Waals surface area contributed by atoms with Crippen molar-refractivity contribution in [1.29, 1.82) is 0 Å². The second-order valence-corrected chi connectivity index (χ2v) is 4.88. The van der Waals surface area contributed by atoms with E-state index in [2.05, 4.69) is 4.98 Å². The Balaban J connectivity index is 1.92.